The zero-order valence-corrected chi connectivity index (χ0v) is 10.2. The van der Waals surface area contributed by atoms with Crippen molar-refractivity contribution < 1.29 is 13.6 Å². The van der Waals surface area contributed by atoms with E-state index in [9.17, 15) is 13.6 Å². The Balaban J connectivity index is 2.91. The van der Waals surface area contributed by atoms with Crippen LogP contribution >= 0.6 is 11.6 Å². The summed E-state index contributed by atoms with van der Waals surface area (Å²) in [6.45, 7) is -0.621. The maximum absolute atomic E-state index is 12.3. The molecule has 0 unspecified atom stereocenters. The highest BCUT2D eigenvalue weighted by atomic mass is 35.5. The van der Waals surface area contributed by atoms with Crippen LogP contribution in [0.1, 0.15) is 15.9 Å². The molecule has 1 rings (SSSR count). The second-order valence-corrected chi connectivity index (χ2v) is 3.90. The molecule has 1 aromatic carbocycles. The molecule has 0 aliphatic carbocycles. The molecule has 0 saturated heterocycles. The molecule has 18 heavy (non-hydrogen) atoms. The minimum Gasteiger partial charge on any atom is -0.332 e. The predicted octanol–water partition coefficient (Wildman–Crippen LogP) is 2.50. The fourth-order valence-electron chi connectivity index (χ4n) is 1.45. The lowest BCUT2D eigenvalue weighted by Crippen LogP contribution is -2.36. The number of hydrogen-bond acceptors (Lipinski definition) is 2. The van der Waals surface area contributed by atoms with E-state index < -0.39 is 18.9 Å². The third kappa shape index (κ3) is 3.97. The molecule has 0 N–H and O–H groups in total. The van der Waals surface area contributed by atoms with Crippen LogP contribution in [0, 0.1) is 11.3 Å². The molecule has 6 heteroatoms. The second-order valence-electron chi connectivity index (χ2n) is 3.52. The first-order chi connectivity index (χ1) is 8.58. The summed E-state index contributed by atoms with van der Waals surface area (Å²) in [4.78, 5) is 12.9. The van der Waals surface area contributed by atoms with E-state index in [1.807, 2.05) is 6.07 Å². The topological polar surface area (TPSA) is 44.1 Å². The van der Waals surface area contributed by atoms with Crippen molar-refractivity contribution in [3.05, 3.63) is 35.4 Å². The molecule has 1 aromatic rings. The van der Waals surface area contributed by atoms with E-state index in [0.717, 1.165) is 4.90 Å². The smallest absolute Gasteiger partial charge is 0.255 e. The van der Waals surface area contributed by atoms with Crippen molar-refractivity contribution in [3.8, 4) is 6.07 Å². The summed E-state index contributed by atoms with van der Waals surface area (Å²) in [7, 11) is 0. The van der Waals surface area contributed by atoms with Crippen LogP contribution in [0.15, 0.2) is 24.3 Å². The Morgan fingerprint density at radius 2 is 2.22 bits per heavy atom. The van der Waals surface area contributed by atoms with Gasteiger partial charge in [0.05, 0.1) is 18.2 Å². The van der Waals surface area contributed by atoms with Gasteiger partial charge < -0.3 is 4.90 Å². The molecule has 0 bridgehead atoms. The van der Waals surface area contributed by atoms with Crippen LogP contribution in [0.3, 0.4) is 0 Å². The fourth-order valence-corrected chi connectivity index (χ4v) is 1.65. The molecule has 0 spiro atoms. The van der Waals surface area contributed by atoms with E-state index >= 15 is 0 Å². The van der Waals surface area contributed by atoms with Crippen molar-refractivity contribution in [2.75, 3.05) is 19.0 Å². The Morgan fingerprint density at radius 3 is 2.78 bits per heavy atom. The molecule has 0 heterocycles. The Hall–Kier alpha value is -1.67. The standard InChI is InChI=1S/C12H11ClF2N2O/c13-4-5-17(8-11(14)15)12(18)10-3-1-2-9(6-10)7-16/h1-3,6,11H,4-5,8H2. The number of nitriles is 1. The van der Waals surface area contributed by atoms with Gasteiger partial charge in [-0.1, -0.05) is 6.07 Å². The average Bonchev–Trinajstić information content (AvgIpc) is 2.37. The number of hydrogen-bond donors (Lipinski definition) is 0. The second kappa shape index (κ2) is 6.92. The number of benzene rings is 1. The van der Waals surface area contributed by atoms with Gasteiger partial charge in [-0.15, -0.1) is 11.6 Å². The van der Waals surface area contributed by atoms with Crippen molar-refractivity contribution in [2.45, 2.75) is 6.43 Å². The van der Waals surface area contributed by atoms with Crippen molar-refractivity contribution in [3.63, 3.8) is 0 Å². The van der Waals surface area contributed by atoms with Crippen LogP contribution in [0.4, 0.5) is 8.78 Å². The van der Waals surface area contributed by atoms with Gasteiger partial charge in [0.25, 0.3) is 12.3 Å². The van der Waals surface area contributed by atoms with E-state index in [1.54, 1.807) is 0 Å². The molecule has 0 aliphatic heterocycles. The Kier molecular flexibility index (Phi) is 5.53. The van der Waals surface area contributed by atoms with Crippen LogP contribution in [0.25, 0.3) is 0 Å². The molecule has 0 aromatic heterocycles. The molecule has 3 nitrogen and oxygen atoms in total. The van der Waals surface area contributed by atoms with Crippen LogP contribution < -0.4 is 0 Å². The van der Waals surface area contributed by atoms with Crippen molar-refractivity contribution in [2.24, 2.45) is 0 Å². The quantitative estimate of drug-likeness (QED) is 0.773. The Labute approximate surface area is 109 Å². The molecule has 96 valence electrons. The summed E-state index contributed by atoms with van der Waals surface area (Å²) in [6.07, 6.45) is -2.61. The molecular formula is C12H11ClF2N2O. The minimum atomic E-state index is -2.61. The van der Waals surface area contributed by atoms with E-state index in [1.165, 1.54) is 24.3 Å². The van der Waals surface area contributed by atoms with E-state index in [-0.39, 0.29) is 18.0 Å². The summed E-state index contributed by atoms with van der Waals surface area (Å²) in [5.41, 5.74) is 0.517. The summed E-state index contributed by atoms with van der Waals surface area (Å²) < 4.78 is 24.7. The summed E-state index contributed by atoms with van der Waals surface area (Å²) in [6, 6.07) is 7.81. The van der Waals surface area contributed by atoms with Crippen LogP contribution in [0.2, 0.25) is 0 Å². The van der Waals surface area contributed by atoms with Gasteiger partial charge in [-0.3, -0.25) is 4.79 Å². The zero-order chi connectivity index (χ0) is 13.5. The predicted molar refractivity (Wildman–Crippen MR) is 63.8 cm³/mol. The fraction of sp³-hybridized carbons (Fsp3) is 0.333. The van der Waals surface area contributed by atoms with E-state index in [2.05, 4.69) is 0 Å². The lowest BCUT2D eigenvalue weighted by atomic mass is 10.1. The molecule has 0 radical (unpaired) electrons. The Bertz CT molecular complexity index is 460. The number of alkyl halides is 3. The van der Waals surface area contributed by atoms with E-state index in [4.69, 9.17) is 16.9 Å². The maximum Gasteiger partial charge on any atom is 0.255 e. The monoisotopic (exact) mass is 272 g/mol. The normalized spacial score (nSPS) is 10.2. The van der Waals surface area contributed by atoms with Crippen molar-refractivity contribution in [1.82, 2.24) is 4.90 Å². The highest BCUT2D eigenvalue weighted by Crippen LogP contribution is 2.10. The van der Waals surface area contributed by atoms with Gasteiger partial charge in [0, 0.05) is 18.0 Å². The number of carbonyl (C=O) groups excluding carboxylic acids is 1. The van der Waals surface area contributed by atoms with Crippen molar-refractivity contribution >= 4 is 17.5 Å². The minimum absolute atomic E-state index is 0.0432. The van der Waals surface area contributed by atoms with Gasteiger partial charge in [0.2, 0.25) is 0 Å². The Morgan fingerprint density at radius 1 is 1.50 bits per heavy atom. The first-order valence-corrected chi connectivity index (χ1v) is 5.75. The highest BCUT2D eigenvalue weighted by molar-refractivity contribution is 6.18. The third-order valence-corrected chi connectivity index (χ3v) is 2.41. The van der Waals surface area contributed by atoms with Gasteiger partial charge in [-0.05, 0) is 18.2 Å². The number of halogens is 3. The summed E-state index contributed by atoms with van der Waals surface area (Å²) >= 11 is 5.48. The SMILES string of the molecule is N#Cc1cccc(C(=O)N(CCCl)CC(F)F)c1. The number of rotatable bonds is 5. The highest BCUT2D eigenvalue weighted by Gasteiger charge is 2.19. The molecule has 0 aliphatic rings. The van der Waals surface area contributed by atoms with Crippen LogP contribution in [-0.2, 0) is 0 Å². The first-order valence-electron chi connectivity index (χ1n) is 5.22. The van der Waals surface area contributed by atoms with Gasteiger partial charge in [0.15, 0.2) is 0 Å². The largest absolute Gasteiger partial charge is 0.332 e. The summed E-state index contributed by atoms with van der Waals surface area (Å²) in [5, 5.41) is 8.72. The lowest BCUT2D eigenvalue weighted by Gasteiger charge is -2.21. The first kappa shape index (κ1) is 14.4. The van der Waals surface area contributed by atoms with Crippen molar-refractivity contribution in [1.29, 1.82) is 5.26 Å². The van der Waals surface area contributed by atoms with Gasteiger partial charge in [-0.2, -0.15) is 5.26 Å². The molecule has 0 fully saturated rings. The number of amides is 1. The van der Waals surface area contributed by atoms with Gasteiger partial charge >= 0.3 is 0 Å². The third-order valence-electron chi connectivity index (χ3n) is 2.24. The van der Waals surface area contributed by atoms with Gasteiger partial charge in [-0.25, -0.2) is 8.78 Å². The zero-order valence-electron chi connectivity index (χ0n) is 9.44. The average molecular weight is 273 g/mol. The molecular weight excluding hydrogens is 262 g/mol. The van der Waals surface area contributed by atoms with E-state index in [0.29, 0.717) is 5.56 Å². The number of carbonyl (C=O) groups is 1. The molecule has 0 saturated carbocycles. The van der Waals surface area contributed by atoms with Crippen LogP contribution in [-0.4, -0.2) is 36.2 Å². The summed E-state index contributed by atoms with van der Waals surface area (Å²) in [5.74, 6) is -0.468. The number of nitrogens with zero attached hydrogens (tertiary/aromatic N) is 2. The van der Waals surface area contributed by atoms with Crippen LogP contribution in [0.5, 0.6) is 0 Å². The van der Waals surface area contributed by atoms with Gasteiger partial charge in [0.1, 0.15) is 0 Å². The maximum atomic E-state index is 12.3. The lowest BCUT2D eigenvalue weighted by molar-refractivity contribution is 0.0571. The molecule has 0 atom stereocenters. The molecule has 1 amide bonds.